The highest BCUT2D eigenvalue weighted by atomic mass is 127. The SMILES string of the molecule is CCNC(=NCC1CCN(c2ccccc2OC)C1)NCCc1nc(C)c(C)s1.I. The summed E-state index contributed by atoms with van der Waals surface area (Å²) in [5.41, 5.74) is 2.33. The Morgan fingerprint density at radius 1 is 1.30 bits per heavy atom. The molecule has 0 radical (unpaired) electrons. The highest BCUT2D eigenvalue weighted by Gasteiger charge is 2.24. The first-order valence-corrected chi connectivity index (χ1v) is 11.3. The van der Waals surface area contributed by atoms with Gasteiger partial charge in [-0.2, -0.15) is 0 Å². The van der Waals surface area contributed by atoms with Crippen LogP contribution in [0.2, 0.25) is 0 Å². The van der Waals surface area contributed by atoms with Gasteiger partial charge in [0.05, 0.1) is 23.5 Å². The van der Waals surface area contributed by atoms with E-state index >= 15 is 0 Å². The number of aryl methyl sites for hydroxylation is 2. The molecule has 0 amide bonds. The molecule has 1 fully saturated rings. The molecule has 2 N–H and O–H groups in total. The van der Waals surface area contributed by atoms with Crippen LogP contribution in [0.3, 0.4) is 0 Å². The zero-order valence-corrected chi connectivity index (χ0v) is 21.5. The second kappa shape index (κ2) is 12.3. The van der Waals surface area contributed by atoms with Crippen molar-refractivity contribution in [3.05, 3.63) is 39.8 Å². The lowest BCUT2D eigenvalue weighted by Crippen LogP contribution is -2.38. The Hall–Kier alpha value is -1.55. The van der Waals surface area contributed by atoms with Gasteiger partial charge in [0, 0.05) is 44.0 Å². The predicted octanol–water partition coefficient (Wildman–Crippen LogP) is 4.01. The second-order valence-corrected chi connectivity index (χ2v) is 8.71. The Kier molecular flexibility index (Phi) is 10.2. The number of nitrogens with one attached hydrogen (secondary N) is 2. The van der Waals surface area contributed by atoms with Crippen molar-refractivity contribution < 1.29 is 4.74 Å². The number of para-hydroxylation sites is 2. The van der Waals surface area contributed by atoms with Gasteiger partial charge in [0.2, 0.25) is 0 Å². The minimum absolute atomic E-state index is 0. The zero-order valence-electron chi connectivity index (χ0n) is 18.4. The summed E-state index contributed by atoms with van der Waals surface area (Å²) >= 11 is 1.79. The van der Waals surface area contributed by atoms with E-state index in [2.05, 4.69) is 53.4 Å². The summed E-state index contributed by atoms with van der Waals surface area (Å²) in [5, 5.41) is 8.00. The quantitative estimate of drug-likeness (QED) is 0.300. The minimum atomic E-state index is 0. The normalized spacial score (nSPS) is 16.3. The number of nitrogens with zero attached hydrogens (tertiary/aromatic N) is 3. The summed E-state index contributed by atoms with van der Waals surface area (Å²) in [6.45, 7) is 10.9. The van der Waals surface area contributed by atoms with Crippen molar-refractivity contribution in [2.45, 2.75) is 33.6 Å². The van der Waals surface area contributed by atoms with E-state index in [-0.39, 0.29) is 24.0 Å². The fourth-order valence-corrected chi connectivity index (χ4v) is 4.52. The number of halogens is 1. The number of benzene rings is 1. The molecule has 0 aliphatic carbocycles. The van der Waals surface area contributed by atoms with Gasteiger partial charge >= 0.3 is 0 Å². The average Bonchev–Trinajstić information content (AvgIpc) is 3.32. The Balaban J connectivity index is 0.00000320. The molecule has 1 aromatic carbocycles. The van der Waals surface area contributed by atoms with Crippen LogP contribution in [0.4, 0.5) is 5.69 Å². The van der Waals surface area contributed by atoms with Gasteiger partial charge in [0.1, 0.15) is 5.75 Å². The van der Waals surface area contributed by atoms with Crippen LogP contribution in [0, 0.1) is 19.8 Å². The number of aromatic nitrogens is 1. The van der Waals surface area contributed by atoms with E-state index in [4.69, 9.17) is 9.73 Å². The molecule has 1 atom stereocenters. The summed E-state index contributed by atoms with van der Waals surface area (Å²) < 4.78 is 5.52. The summed E-state index contributed by atoms with van der Waals surface area (Å²) in [4.78, 5) is 13.2. The highest BCUT2D eigenvalue weighted by Crippen LogP contribution is 2.31. The van der Waals surface area contributed by atoms with Gasteiger partial charge in [0.25, 0.3) is 0 Å². The van der Waals surface area contributed by atoms with Crippen LogP contribution >= 0.6 is 35.3 Å². The third kappa shape index (κ3) is 6.73. The maximum Gasteiger partial charge on any atom is 0.191 e. The van der Waals surface area contributed by atoms with Crippen molar-refractivity contribution in [1.82, 2.24) is 15.6 Å². The van der Waals surface area contributed by atoms with Crippen molar-refractivity contribution >= 4 is 47.0 Å². The first-order valence-electron chi connectivity index (χ1n) is 10.4. The van der Waals surface area contributed by atoms with Crippen LogP contribution in [0.5, 0.6) is 5.75 Å². The first kappa shape index (κ1) is 24.7. The van der Waals surface area contributed by atoms with E-state index in [9.17, 15) is 0 Å². The third-order valence-electron chi connectivity index (χ3n) is 5.27. The zero-order chi connectivity index (χ0) is 20.6. The number of hydrogen-bond acceptors (Lipinski definition) is 5. The molecule has 1 aliphatic heterocycles. The van der Waals surface area contributed by atoms with E-state index in [0.717, 1.165) is 63.0 Å². The van der Waals surface area contributed by atoms with Crippen LogP contribution in [-0.4, -0.2) is 50.8 Å². The molecule has 2 heterocycles. The number of aliphatic imine (C=N–C) groups is 1. The second-order valence-electron chi connectivity index (χ2n) is 7.42. The van der Waals surface area contributed by atoms with Crippen molar-refractivity contribution in [3.8, 4) is 5.75 Å². The molecule has 1 aromatic heterocycles. The molecule has 1 unspecified atom stereocenters. The molecule has 2 aromatic rings. The molecule has 0 bridgehead atoms. The van der Waals surface area contributed by atoms with Gasteiger partial charge in [-0.1, -0.05) is 12.1 Å². The molecule has 166 valence electrons. The van der Waals surface area contributed by atoms with E-state index in [1.165, 1.54) is 15.6 Å². The van der Waals surface area contributed by atoms with Gasteiger partial charge in [-0.25, -0.2) is 4.98 Å². The molecule has 0 spiro atoms. The van der Waals surface area contributed by atoms with E-state index < -0.39 is 0 Å². The lowest BCUT2D eigenvalue weighted by molar-refractivity contribution is 0.414. The first-order chi connectivity index (χ1) is 14.1. The van der Waals surface area contributed by atoms with E-state index in [1.807, 2.05) is 12.1 Å². The predicted molar refractivity (Wildman–Crippen MR) is 138 cm³/mol. The van der Waals surface area contributed by atoms with Gasteiger partial charge in [0.15, 0.2) is 5.96 Å². The van der Waals surface area contributed by atoms with Crippen molar-refractivity contribution in [3.63, 3.8) is 0 Å². The van der Waals surface area contributed by atoms with Crippen LogP contribution in [0.1, 0.15) is 28.9 Å². The largest absolute Gasteiger partial charge is 0.495 e. The summed E-state index contributed by atoms with van der Waals surface area (Å²) in [5.74, 6) is 2.40. The number of hydrogen-bond donors (Lipinski definition) is 2. The summed E-state index contributed by atoms with van der Waals surface area (Å²) in [6.07, 6.45) is 2.08. The topological polar surface area (TPSA) is 61.8 Å². The van der Waals surface area contributed by atoms with Gasteiger partial charge in [-0.3, -0.25) is 4.99 Å². The Morgan fingerprint density at radius 2 is 2.10 bits per heavy atom. The molecule has 3 rings (SSSR count). The standard InChI is InChI=1S/C22H33N5OS.HI/c1-5-23-22(24-12-10-21-26-16(2)17(3)29-21)25-14-18-11-13-27(15-18)19-8-6-7-9-20(19)28-4;/h6-9,18H,5,10-15H2,1-4H3,(H2,23,24,25);1H. The lowest BCUT2D eigenvalue weighted by Gasteiger charge is -2.21. The number of thiazole rings is 1. The van der Waals surface area contributed by atoms with E-state index in [1.54, 1.807) is 18.4 Å². The number of rotatable bonds is 8. The highest BCUT2D eigenvalue weighted by molar-refractivity contribution is 14.0. The Morgan fingerprint density at radius 3 is 2.80 bits per heavy atom. The van der Waals surface area contributed by atoms with Crippen LogP contribution in [0.15, 0.2) is 29.3 Å². The van der Waals surface area contributed by atoms with Crippen molar-refractivity contribution in [1.29, 1.82) is 0 Å². The molecule has 6 nitrogen and oxygen atoms in total. The maximum atomic E-state index is 5.52. The Labute approximate surface area is 201 Å². The van der Waals surface area contributed by atoms with Crippen LogP contribution in [-0.2, 0) is 6.42 Å². The lowest BCUT2D eigenvalue weighted by atomic mass is 10.1. The Bertz CT molecular complexity index is 806. The van der Waals surface area contributed by atoms with Gasteiger partial charge in [-0.15, -0.1) is 35.3 Å². The third-order valence-corrected chi connectivity index (χ3v) is 6.40. The minimum Gasteiger partial charge on any atom is -0.495 e. The smallest absolute Gasteiger partial charge is 0.191 e. The van der Waals surface area contributed by atoms with E-state index in [0.29, 0.717) is 5.92 Å². The van der Waals surface area contributed by atoms with Crippen molar-refractivity contribution in [2.24, 2.45) is 10.9 Å². The van der Waals surface area contributed by atoms with Crippen LogP contribution in [0.25, 0.3) is 0 Å². The molecule has 0 saturated carbocycles. The monoisotopic (exact) mass is 543 g/mol. The summed E-state index contributed by atoms with van der Waals surface area (Å²) in [7, 11) is 1.74. The summed E-state index contributed by atoms with van der Waals surface area (Å²) in [6, 6.07) is 8.25. The molecule has 1 aliphatic rings. The van der Waals surface area contributed by atoms with Gasteiger partial charge in [-0.05, 0) is 45.2 Å². The maximum absolute atomic E-state index is 5.52. The molecule has 30 heavy (non-hydrogen) atoms. The van der Waals surface area contributed by atoms with Gasteiger partial charge < -0.3 is 20.3 Å². The number of ether oxygens (including phenoxy) is 1. The molecular formula is C22H34IN5OS. The number of guanidine groups is 1. The molecule has 8 heteroatoms. The average molecular weight is 544 g/mol. The molecular weight excluding hydrogens is 509 g/mol. The fourth-order valence-electron chi connectivity index (χ4n) is 3.59. The number of methoxy groups -OCH3 is 1. The molecule has 1 saturated heterocycles. The fraction of sp³-hybridized carbons (Fsp3) is 0.545. The van der Waals surface area contributed by atoms with Crippen molar-refractivity contribution in [2.75, 3.05) is 44.7 Å². The number of anilines is 1. The van der Waals surface area contributed by atoms with Crippen LogP contribution < -0.4 is 20.3 Å².